The normalized spacial score (nSPS) is 12.8. The van der Waals surface area contributed by atoms with Crippen LogP contribution >= 0.6 is 0 Å². The van der Waals surface area contributed by atoms with E-state index in [1.807, 2.05) is 6.07 Å². The Balaban J connectivity index is 1.68. The number of amides is 1. The summed E-state index contributed by atoms with van der Waals surface area (Å²) in [5.41, 5.74) is 0.213. The molecule has 0 spiro atoms. The van der Waals surface area contributed by atoms with Gasteiger partial charge in [0.25, 0.3) is 11.5 Å². The Bertz CT molecular complexity index is 1120. The van der Waals surface area contributed by atoms with Crippen LogP contribution in [0.1, 0.15) is 19.5 Å². The van der Waals surface area contributed by atoms with Gasteiger partial charge < -0.3 is 14.0 Å². The molecule has 3 heterocycles. The number of carbonyl (C=O) groups excluding carboxylic acids is 1. The fraction of sp³-hybridized carbons (Fsp3) is 0.263. The topological polar surface area (TPSA) is 108 Å². The minimum atomic E-state index is -1.27. The molecule has 0 aliphatic carbocycles. The molecule has 1 aliphatic heterocycles. The lowest BCUT2D eigenvalue weighted by atomic mass is 10.0. The highest BCUT2D eigenvalue weighted by Gasteiger charge is 2.33. The summed E-state index contributed by atoms with van der Waals surface area (Å²) in [5.74, 6) is 1.01. The highest BCUT2D eigenvalue weighted by Crippen LogP contribution is 2.35. The molecule has 0 fully saturated rings. The quantitative estimate of drug-likeness (QED) is 0.737. The summed E-state index contributed by atoms with van der Waals surface area (Å²) in [6, 6.07) is 9.94. The van der Waals surface area contributed by atoms with E-state index in [0.29, 0.717) is 22.9 Å². The third kappa shape index (κ3) is 3.11. The Hall–Kier alpha value is -3.62. The van der Waals surface area contributed by atoms with Crippen LogP contribution in [0.25, 0.3) is 11.3 Å². The van der Waals surface area contributed by atoms with E-state index in [9.17, 15) is 9.59 Å². The first-order chi connectivity index (χ1) is 13.3. The van der Waals surface area contributed by atoms with Crippen molar-refractivity contribution in [2.45, 2.75) is 26.3 Å². The van der Waals surface area contributed by atoms with Gasteiger partial charge in [-0.25, -0.2) is 4.68 Å². The van der Waals surface area contributed by atoms with Crippen LogP contribution in [0.3, 0.4) is 0 Å². The van der Waals surface area contributed by atoms with Crippen molar-refractivity contribution in [2.24, 2.45) is 0 Å². The van der Waals surface area contributed by atoms with E-state index in [1.54, 1.807) is 45.0 Å². The summed E-state index contributed by atoms with van der Waals surface area (Å²) in [5, 5.41) is 10.8. The van der Waals surface area contributed by atoms with Crippen LogP contribution in [0.2, 0.25) is 0 Å². The molecule has 1 amide bonds. The Morgan fingerprint density at radius 1 is 1.14 bits per heavy atom. The zero-order valence-corrected chi connectivity index (χ0v) is 15.6. The summed E-state index contributed by atoms with van der Waals surface area (Å²) in [4.78, 5) is 25.2. The fourth-order valence-electron chi connectivity index (χ4n) is 2.81. The number of hydrogen-bond donors (Lipinski definition) is 1. The first-order valence-electron chi connectivity index (χ1n) is 8.60. The molecule has 0 unspecified atom stereocenters. The van der Waals surface area contributed by atoms with Crippen LogP contribution in [-0.2, 0) is 10.3 Å². The van der Waals surface area contributed by atoms with Gasteiger partial charge in [0.1, 0.15) is 5.54 Å². The van der Waals surface area contributed by atoms with E-state index < -0.39 is 17.0 Å². The molecule has 0 atom stereocenters. The third-order valence-corrected chi connectivity index (χ3v) is 4.42. The molecule has 144 valence electrons. The monoisotopic (exact) mass is 382 g/mol. The molecule has 0 saturated heterocycles. The molecule has 2 aromatic heterocycles. The number of carbonyl (C=O) groups is 1. The van der Waals surface area contributed by atoms with Crippen LogP contribution in [0.5, 0.6) is 11.5 Å². The van der Waals surface area contributed by atoms with Crippen molar-refractivity contribution in [1.29, 1.82) is 0 Å². The molecule has 1 aromatic carbocycles. The van der Waals surface area contributed by atoms with E-state index >= 15 is 0 Å². The highest BCUT2D eigenvalue weighted by molar-refractivity contribution is 5.95. The maximum atomic E-state index is 12.8. The molecule has 1 N–H and O–H groups in total. The molecular formula is C19H18N4O5. The minimum Gasteiger partial charge on any atom is -0.454 e. The summed E-state index contributed by atoms with van der Waals surface area (Å²) < 4.78 is 16.9. The van der Waals surface area contributed by atoms with E-state index in [1.165, 1.54) is 6.07 Å². The Labute approximate surface area is 159 Å². The lowest BCUT2D eigenvalue weighted by Crippen LogP contribution is -2.47. The second kappa shape index (κ2) is 6.52. The molecule has 0 radical (unpaired) electrons. The molecule has 1 aliphatic rings. The predicted octanol–water partition coefficient (Wildman–Crippen LogP) is 2.31. The van der Waals surface area contributed by atoms with Crippen LogP contribution < -0.4 is 20.3 Å². The van der Waals surface area contributed by atoms with Crippen molar-refractivity contribution >= 4 is 11.8 Å². The number of hydrogen-bond acceptors (Lipinski definition) is 7. The molecule has 0 saturated carbocycles. The standard InChI is InChI=1S/C19H18N4O5/c1-11-8-16(28-22-11)20-18(25)19(2,3)23-17(24)7-5-13(21-23)12-4-6-14-15(9-12)27-10-26-14/h4-9H,10H2,1-3H3,(H,20,25). The number of fused-ring (bicyclic) bond motifs is 1. The molecule has 9 heteroatoms. The lowest BCUT2D eigenvalue weighted by Gasteiger charge is -2.24. The number of nitrogens with zero attached hydrogens (tertiary/aromatic N) is 3. The van der Waals surface area contributed by atoms with Gasteiger partial charge in [0.05, 0.1) is 11.4 Å². The van der Waals surface area contributed by atoms with Crippen molar-refractivity contribution in [3.63, 3.8) is 0 Å². The largest absolute Gasteiger partial charge is 0.454 e. The number of nitrogens with one attached hydrogen (secondary N) is 1. The Morgan fingerprint density at radius 2 is 1.93 bits per heavy atom. The molecule has 28 heavy (non-hydrogen) atoms. The van der Waals surface area contributed by atoms with E-state index in [-0.39, 0.29) is 12.7 Å². The molecule has 0 bridgehead atoms. The van der Waals surface area contributed by atoms with Crippen molar-refractivity contribution in [3.8, 4) is 22.8 Å². The van der Waals surface area contributed by atoms with Crippen LogP contribution in [0, 0.1) is 6.92 Å². The van der Waals surface area contributed by atoms with Gasteiger partial charge in [0, 0.05) is 17.7 Å². The average molecular weight is 382 g/mol. The first-order valence-corrected chi connectivity index (χ1v) is 8.60. The van der Waals surface area contributed by atoms with Gasteiger partial charge in [-0.2, -0.15) is 5.10 Å². The van der Waals surface area contributed by atoms with Gasteiger partial charge in [-0.15, -0.1) is 0 Å². The van der Waals surface area contributed by atoms with Crippen molar-refractivity contribution < 1.29 is 18.8 Å². The van der Waals surface area contributed by atoms with E-state index in [2.05, 4.69) is 15.6 Å². The van der Waals surface area contributed by atoms with Gasteiger partial charge >= 0.3 is 0 Å². The first kappa shape index (κ1) is 17.8. The Morgan fingerprint density at radius 3 is 2.68 bits per heavy atom. The average Bonchev–Trinajstić information content (AvgIpc) is 3.29. The zero-order valence-electron chi connectivity index (χ0n) is 15.6. The van der Waals surface area contributed by atoms with Crippen LogP contribution in [0.15, 0.2) is 45.7 Å². The van der Waals surface area contributed by atoms with Crippen LogP contribution in [0.4, 0.5) is 5.88 Å². The SMILES string of the molecule is Cc1cc(NC(=O)C(C)(C)n2nc(-c3ccc4c(c3)OCO4)ccc2=O)on1. The van der Waals surface area contributed by atoms with Crippen molar-refractivity contribution in [3.05, 3.63) is 52.4 Å². The number of rotatable bonds is 4. The third-order valence-electron chi connectivity index (χ3n) is 4.42. The number of ether oxygens (including phenoxy) is 2. The Kier molecular flexibility index (Phi) is 4.14. The molecule has 4 rings (SSSR count). The number of benzene rings is 1. The van der Waals surface area contributed by atoms with Gasteiger partial charge in [0.2, 0.25) is 12.7 Å². The summed E-state index contributed by atoms with van der Waals surface area (Å²) in [6.07, 6.45) is 0. The summed E-state index contributed by atoms with van der Waals surface area (Å²) in [7, 11) is 0. The maximum absolute atomic E-state index is 12.8. The lowest BCUT2D eigenvalue weighted by molar-refractivity contribution is -0.123. The van der Waals surface area contributed by atoms with Crippen molar-refractivity contribution in [2.75, 3.05) is 12.1 Å². The van der Waals surface area contributed by atoms with Gasteiger partial charge in [0.15, 0.2) is 11.5 Å². The van der Waals surface area contributed by atoms with Gasteiger partial charge in [-0.1, -0.05) is 5.16 Å². The fourth-order valence-corrected chi connectivity index (χ4v) is 2.81. The summed E-state index contributed by atoms with van der Waals surface area (Å²) in [6.45, 7) is 5.11. The number of aryl methyl sites for hydroxylation is 1. The highest BCUT2D eigenvalue weighted by atomic mass is 16.7. The zero-order chi connectivity index (χ0) is 19.9. The number of aromatic nitrogens is 3. The smallest absolute Gasteiger partial charge is 0.267 e. The predicted molar refractivity (Wildman–Crippen MR) is 99.2 cm³/mol. The summed E-state index contributed by atoms with van der Waals surface area (Å²) >= 11 is 0. The molecule has 9 nitrogen and oxygen atoms in total. The van der Waals surface area contributed by atoms with Gasteiger partial charge in [-0.05, 0) is 45.0 Å². The molecular weight excluding hydrogens is 364 g/mol. The second-order valence-corrected chi connectivity index (χ2v) is 6.88. The maximum Gasteiger partial charge on any atom is 0.267 e. The second-order valence-electron chi connectivity index (χ2n) is 6.88. The van der Waals surface area contributed by atoms with Crippen molar-refractivity contribution in [1.82, 2.24) is 14.9 Å². The van der Waals surface area contributed by atoms with E-state index in [0.717, 1.165) is 10.2 Å². The van der Waals surface area contributed by atoms with Gasteiger partial charge in [-0.3, -0.25) is 14.9 Å². The number of anilines is 1. The van der Waals surface area contributed by atoms with Crippen LogP contribution in [-0.4, -0.2) is 27.6 Å². The molecule has 3 aromatic rings. The van der Waals surface area contributed by atoms with E-state index in [4.69, 9.17) is 14.0 Å². The minimum absolute atomic E-state index is 0.167.